The molecule has 0 bridgehead atoms. The van der Waals surface area contributed by atoms with E-state index in [1.54, 1.807) is 12.1 Å². The summed E-state index contributed by atoms with van der Waals surface area (Å²) < 4.78 is 19.1. The van der Waals surface area contributed by atoms with Crippen molar-refractivity contribution in [3.8, 4) is 5.75 Å². The van der Waals surface area contributed by atoms with E-state index >= 15 is 0 Å². The third-order valence-electron chi connectivity index (χ3n) is 3.96. The van der Waals surface area contributed by atoms with Gasteiger partial charge in [0.1, 0.15) is 18.2 Å². The molecule has 1 aliphatic carbocycles. The van der Waals surface area contributed by atoms with Crippen LogP contribution < -0.4 is 4.74 Å². The van der Waals surface area contributed by atoms with Gasteiger partial charge in [0.25, 0.3) is 0 Å². The summed E-state index contributed by atoms with van der Waals surface area (Å²) in [4.78, 5) is 0. The third kappa shape index (κ3) is 1.03. The average Bonchev–Trinajstić information content (AvgIpc) is 2.69. The lowest BCUT2D eigenvalue weighted by Crippen LogP contribution is -2.41. The largest absolute Gasteiger partial charge is 0.492 e. The van der Waals surface area contributed by atoms with Gasteiger partial charge in [0, 0.05) is 5.56 Å². The minimum Gasteiger partial charge on any atom is -0.492 e. The zero-order valence-corrected chi connectivity index (χ0v) is 9.24. The molecule has 1 unspecified atom stereocenters. The fraction of sp³-hybridized carbons (Fsp3) is 0.200. The van der Waals surface area contributed by atoms with Crippen molar-refractivity contribution in [2.24, 2.45) is 0 Å². The quantitative estimate of drug-likeness (QED) is 0.670. The molecule has 1 atom stereocenters. The Labute approximate surface area is 98.9 Å². The van der Waals surface area contributed by atoms with E-state index in [0.717, 1.165) is 17.7 Å². The Hall–Kier alpha value is -1.83. The van der Waals surface area contributed by atoms with Gasteiger partial charge in [-0.3, -0.25) is 0 Å². The zero-order valence-electron chi connectivity index (χ0n) is 9.24. The third-order valence-corrected chi connectivity index (χ3v) is 3.96. The minimum atomic E-state index is -0.182. The number of halogens is 1. The van der Waals surface area contributed by atoms with Crippen LogP contribution >= 0.6 is 0 Å². The van der Waals surface area contributed by atoms with Gasteiger partial charge < -0.3 is 4.74 Å². The van der Waals surface area contributed by atoms with Gasteiger partial charge in [0.05, 0.1) is 5.41 Å². The first kappa shape index (κ1) is 9.23. The Morgan fingerprint density at radius 3 is 2.82 bits per heavy atom. The molecular formula is C15H11FO. The fourth-order valence-corrected chi connectivity index (χ4v) is 3.10. The van der Waals surface area contributed by atoms with E-state index in [0.29, 0.717) is 6.61 Å². The number of benzene rings is 2. The van der Waals surface area contributed by atoms with Gasteiger partial charge in [-0.05, 0) is 35.7 Å². The first-order valence-corrected chi connectivity index (χ1v) is 5.81. The van der Waals surface area contributed by atoms with Crippen LogP contribution in [0.1, 0.15) is 16.7 Å². The van der Waals surface area contributed by atoms with Crippen molar-refractivity contribution in [1.82, 2.24) is 0 Å². The second-order valence-corrected chi connectivity index (χ2v) is 4.85. The van der Waals surface area contributed by atoms with E-state index in [-0.39, 0.29) is 11.2 Å². The summed E-state index contributed by atoms with van der Waals surface area (Å²) in [6.45, 7) is 0.642. The van der Waals surface area contributed by atoms with Crippen LogP contribution in [0.25, 0.3) is 0 Å². The number of fused-ring (bicyclic) bond motifs is 4. The highest BCUT2D eigenvalue weighted by Crippen LogP contribution is 2.52. The standard InChI is InChI=1S/C15H11FO/c16-11-5-6-14-13(7-11)15(9-17-14)8-10-3-1-2-4-12(10)15/h1-7H,8-9H2. The highest BCUT2D eigenvalue weighted by Gasteiger charge is 2.49. The summed E-state index contributed by atoms with van der Waals surface area (Å²) in [7, 11) is 0. The zero-order chi connectivity index (χ0) is 11.5. The van der Waals surface area contributed by atoms with E-state index in [1.807, 2.05) is 12.1 Å². The summed E-state index contributed by atoms with van der Waals surface area (Å²) in [5.41, 5.74) is 3.57. The first-order chi connectivity index (χ1) is 8.29. The lowest BCUT2D eigenvalue weighted by Gasteiger charge is -2.40. The van der Waals surface area contributed by atoms with Crippen molar-refractivity contribution in [2.45, 2.75) is 11.8 Å². The highest BCUT2D eigenvalue weighted by molar-refractivity contribution is 5.59. The van der Waals surface area contributed by atoms with E-state index in [9.17, 15) is 4.39 Å². The lowest BCUT2D eigenvalue weighted by molar-refractivity contribution is 0.273. The molecule has 1 heterocycles. The van der Waals surface area contributed by atoms with Crippen LogP contribution in [0, 0.1) is 5.82 Å². The number of hydrogen-bond acceptors (Lipinski definition) is 1. The van der Waals surface area contributed by atoms with Crippen LogP contribution in [0.2, 0.25) is 0 Å². The fourth-order valence-electron chi connectivity index (χ4n) is 3.10. The van der Waals surface area contributed by atoms with Crippen molar-refractivity contribution < 1.29 is 9.13 Å². The van der Waals surface area contributed by atoms with E-state index < -0.39 is 0 Å². The number of ether oxygens (including phenoxy) is 1. The molecule has 1 nitrogen and oxygen atoms in total. The number of rotatable bonds is 0. The molecule has 0 fully saturated rings. The smallest absolute Gasteiger partial charge is 0.123 e. The van der Waals surface area contributed by atoms with Gasteiger partial charge in [0.2, 0.25) is 0 Å². The number of hydrogen-bond donors (Lipinski definition) is 0. The molecule has 2 heteroatoms. The molecule has 0 N–H and O–H groups in total. The second kappa shape index (κ2) is 2.89. The molecule has 2 aromatic carbocycles. The first-order valence-electron chi connectivity index (χ1n) is 5.81. The molecule has 0 saturated heterocycles. The van der Waals surface area contributed by atoms with Crippen molar-refractivity contribution in [3.63, 3.8) is 0 Å². The normalized spacial score (nSPS) is 23.8. The van der Waals surface area contributed by atoms with Gasteiger partial charge in [-0.1, -0.05) is 24.3 Å². The Bertz CT molecular complexity index is 620. The maximum Gasteiger partial charge on any atom is 0.123 e. The molecule has 84 valence electrons. The molecule has 1 spiro atoms. The molecule has 0 aromatic heterocycles. The predicted molar refractivity (Wildman–Crippen MR) is 62.8 cm³/mol. The van der Waals surface area contributed by atoms with Gasteiger partial charge in [-0.25, -0.2) is 4.39 Å². The molecular weight excluding hydrogens is 215 g/mol. The molecule has 1 aliphatic heterocycles. The predicted octanol–water partition coefficient (Wildman–Crippen LogP) is 3.06. The Morgan fingerprint density at radius 2 is 1.94 bits per heavy atom. The van der Waals surface area contributed by atoms with E-state index in [4.69, 9.17) is 4.74 Å². The van der Waals surface area contributed by atoms with Crippen LogP contribution in [0.3, 0.4) is 0 Å². The maximum atomic E-state index is 13.4. The molecule has 0 saturated carbocycles. The van der Waals surface area contributed by atoms with E-state index in [1.165, 1.54) is 17.2 Å². The van der Waals surface area contributed by atoms with Crippen molar-refractivity contribution >= 4 is 0 Å². The summed E-state index contributed by atoms with van der Waals surface area (Å²) in [6, 6.07) is 13.2. The van der Waals surface area contributed by atoms with Crippen molar-refractivity contribution in [1.29, 1.82) is 0 Å². The Morgan fingerprint density at radius 1 is 1.06 bits per heavy atom. The molecule has 4 rings (SSSR count). The monoisotopic (exact) mass is 226 g/mol. The SMILES string of the molecule is Fc1ccc2c(c1)C1(CO2)Cc2ccccc21. The van der Waals surface area contributed by atoms with Gasteiger partial charge in [0.15, 0.2) is 0 Å². The highest BCUT2D eigenvalue weighted by atomic mass is 19.1. The Balaban J connectivity index is 1.94. The van der Waals surface area contributed by atoms with Gasteiger partial charge >= 0.3 is 0 Å². The van der Waals surface area contributed by atoms with Gasteiger partial charge in [-0.15, -0.1) is 0 Å². The summed E-state index contributed by atoms with van der Waals surface area (Å²) in [5.74, 6) is 0.652. The summed E-state index contributed by atoms with van der Waals surface area (Å²) >= 11 is 0. The summed E-state index contributed by atoms with van der Waals surface area (Å²) in [5, 5.41) is 0. The van der Waals surface area contributed by atoms with Crippen LogP contribution in [-0.4, -0.2) is 6.61 Å². The van der Waals surface area contributed by atoms with Crippen molar-refractivity contribution in [3.05, 3.63) is 65.0 Å². The van der Waals surface area contributed by atoms with Crippen molar-refractivity contribution in [2.75, 3.05) is 6.61 Å². The molecule has 0 amide bonds. The van der Waals surface area contributed by atoms with E-state index in [2.05, 4.69) is 12.1 Å². The Kier molecular flexibility index (Phi) is 1.57. The molecule has 0 radical (unpaired) electrons. The van der Waals surface area contributed by atoms with Crippen LogP contribution in [0.4, 0.5) is 4.39 Å². The van der Waals surface area contributed by atoms with Gasteiger partial charge in [-0.2, -0.15) is 0 Å². The van der Waals surface area contributed by atoms with Crippen LogP contribution in [-0.2, 0) is 11.8 Å². The van der Waals surface area contributed by atoms with Crippen LogP contribution in [0.15, 0.2) is 42.5 Å². The maximum absolute atomic E-state index is 13.4. The second-order valence-electron chi connectivity index (χ2n) is 4.85. The molecule has 2 aliphatic rings. The average molecular weight is 226 g/mol. The topological polar surface area (TPSA) is 9.23 Å². The molecule has 2 aromatic rings. The minimum absolute atomic E-state index is 0.0893. The lowest BCUT2D eigenvalue weighted by atomic mass is 9.61. The summed E-state index contributed by atoms with van der Waals surface area (Å²) in [6.07, 6.45) is 0.958. The van der Waals surface area contributed by atoms with Crippen LogP contribution in [0.5, 0.6) is 5.75 Å². The molecule has 17 heavy (non-hydrogen) atoms.